The second kappa shape index (κ2) is 5.07. The fraction of sp³-hybridized carbons (Fsp3) is 0.133. The maximum Gasteiger partial charge on any atom is 0.416 e. The van der Waals surface area contributed by atoms with Crippen molar-refractivity contribution in [1.29, 1.82) is 0 Å². The van der Waals surface area contributed by atoms with Crippen LogP contribution in [-0.2, 0) is 6.18 Å². The molecule has 0 saturated heterocycles. The summed E-state index contributed by atoms with van der Waals surface area (Å²) in [5.74, 6) is -1.04. The number of aryl methyl sites for hydroxylation is 1. The van der Waals surface area contributed by atoms with Gasteiger partial charge in [-0.2, -0.15) is 13.2 Å². The number of alkyl halides is 3. The van der Waals surface area contributed by atoms with E-state index in [0.717, 1.165) is 30.3 Å². The van der Waals surface area contributed by atoms with Crippen LogP contribution in [0.25, 0.3) is 0 Å². The minimum absolute atomic E-state index is 0.0845. The topological polar surface area (TPSA) is 17.1 Å². The fourth-order valence-corrected chi connectivity index (χ4v) is 1.71. The van der Waals surface area contributed by atoms with Crippen LogP contribution in [0.3, 0.4) is 0 Å². The molecule has 2 aromatic carbocycles. The van der Waals surface area contributed by atoms with Gasteiger partial charge in [-0.3, -0.25) is 4.79 Å². The van der Waals surface area contributed by atoms with Crippen molar-refractivity contribution in [2.75, 3.05) is 0 Å². The summed E-state index contributed by atoms with van der Waals surface area (Å²) in [4.78, 5) is 12.0. The molecule has 0 amide bonds. The molecule has 0 fully saturated rings. The van der Waals surface area contributed by atoms with Crippen LogP contribution in [0.15, 0.2) is 42.5 Å². The summed E-state index contributed by atoms with van der Waals surface area (Å²) in [5, 5.41) is 0. The summed E-state index contributed by atoms with van der Waals surface area (Å²) in [6, 6.07) is 7.81. The number of carbonyl (C=O) groups is 1. The second-order valence-electron chi connectivity index (χ2n) is 4.37. The van der Waals surface area contributed by atoms with Crippen molar-refractivity contribution in [2.24, 2.45) is 0 Å². The first-order valence-corrected chi connectivity index (χ1v) is 5.77. The van der Waals surface area contributed by atoms with E-state index in [1.165, 1.54) is 12.1 Å². The lowest BCUT2D eigenvalue weighted by Gasteiger charge is -2.07. The predicted octanol–water partition coefficient (Wildman–Crippen LogP) is 4.38. The highest BCUT2D eigenvalue weighted by atomic mass is 19.4. The van der Waals surface area contributed by atoms with Gasteiger partial charge in [0, 0.05) is 11.1 Å². The summed E-state index contributed by atoms with van der Waals surface area (Å²) in [7, 11) is 0. The number of rotatable bonds is 2. The van der Waals surface area contributed by atoms with Gasteiger partial charge in [-0.25, -0.2) is 4.39 Å². The van der Waals surface area contributed by atoms with Crippen LogP contribution in [0, 0.1) is 12.7 Å². The lowest BCUT2D eigenvalue weighted by Crippen LogP contribution is -2.07. The summed E-state index contributed by atoms with van der Waals surface area (Å²) in [6.07, 6.45) is -4.45. The molecule has 2 rings (SSSR count). The Kier molecular flexibility index (Phi) is 3.61. The van der Waals surface area contributed by atoms with Crippen molar-refractivity contribution in [3.05, 3.63) is 70.5 Å². The zero-order valence-electron chi connectivity index (χ0n) is 10.5. The third-order valence-electron chi connectivity index (χ3n) is 2.91. The molecule has 0 N–H and O–H groups in total. The number of hydrogen-bond donors (Lipinski definition) is 0. The first-order chi connectivity index (χ1) is 9.29. The molecule has 0 spiro atoms. The molecule has 0 aliphatic heterocycles. The largest absolute Gasteiger partial charge is 0.416 e. The zero-order chi connectivity index (χ0) is 14.9. The molecule has 5 heteroatoms. The molecule has 20 heavy (non-hydrogen) atoms. The van der Waals surface area contributed by atoms with Gasteiger partial charge in [-0.1, -0.05) is 24.3 Å². The van der Waals surface area contributed by atoms with Gasteiger partial charge < -0.3 is 0 Å². The molecule has 0 aromatic heterocycles. The molecule has 0 radical (unpaired) electrons. The van der Waals surface area contributed by atoms with Crippen LogP contribution < -0.4 is 0 Å². The summed E-state index contributed by atoms with van der Waals surface area (Å²) in [6.45, 7) is 1.56. The van der Waals surface area contributed by atoms with Gasteiger partial charge in [-0.15, -0.1) is 0 Å². The Hall–Kier alpha value is -2.17. The van der Waals surface area contributed by atoms with E-state index < -0.39 is 23.3 Å². The molecule has 0 bridgehead atoms. The highest BCUT2D eigenvalue weighted by Crippen LogP contribution is 2.29. The van der Waals surface area contributed by atoms with Gasteiger partial charge in [0.25, 0.3) is 0 Å². The maximum atomic E-state index is 13.4. The van der Waals surface area contributed by atoms with Crippen molar-refractivity contribution >= 4 is 5.78 Å². The third kappa shape index (κ3) is 2.87. The van der Waals surface area contributed by atoms with E-state index in [1.54, 1.807) is 6.92 Å². The number of benzene rings is 2. The van der Waals surface area contributed by atoms with Crippen molar-refractivity contribution in [3.8, 4) is 0 Å². The van der Waals surface area contributed by atoms with Crippen molar-refractivity contribution in [3.63, 3.8) is 0 Å². The van der Waals surface area contributed by atoms with Crippen LogP contribution in [-0.4, -0.2) is 5.78 Å². The van der Waals surface area contributed by atoms with Crippen LogP contribution >= 0.6 is 0 Å². The molecule has 104 valence electrons. The van der Waals surface area contributed by atoms with E-state index in [0.29, 0.717) is 5.56 Å². The zero-order valence-corrected chi connectivity index (χ0v) is 10.5. The monoisotopic (exact) mass is 282 g/mol. The molecular weight excluding hydrogens is 272 g/mol. The Morgan fingerprint density at radius 3 is 2.00 bits per heavy atom. The molecule has 0 saturated carbocycles. The lowest BCUT2D eigenvalue weighted by molar-refractivity contribution is -0.137. The molecule has 2 aromatic rings. The molecule has 0 atom stereocenters. The van der Waals surface area contributed by atoms with Crippen LogP contribution in [0.5, 0.6) is 0 Å². The van der Waals surface area contributed by atoms with Crippen LogP contribution in [0.1, 0.15) is 27.0 Å². The highest BCUT2D eigenvalue weighted by Gasteiger charge is 2.30. The molecule has 0 aliphatic carbocycles. The van der Waals surface area contributed by atoms with Crippen molar-refractivity contribution in [2.45, 2.75) is 13.1 Å². The number of hydrogen-bond acceptors (Lipinski definition) is 1. The van der Waals surface area contributed by atoms with E-state index in [9.17, 15) is 22.4 Å². The third-order valence-corrected chi connectivity index (χ3v) is 2.91. The van der Waals surface area contributed by atoms with E-state index in [2.05, 4.69) is 0 Å². The van der Waals surface area contributed by atoms with Gasteiger partial charge in [0.05, 0.1) is 5.56 Å². The van der Waals surface area contributed by atoms with Crippen molar-refractivity contribution < 1.29 is 22.4 Å². The molecule has 0 aliphatic rings. The second-order valence-corrected chi connectivity index (χ2v) is 4.37. The first kappa shape index (κ1) is 14.2. The van der Waals surface area contributed by atoms with E-state index in [4.69, 9.17) is 0 Å². The van der Waals surface area contributed by atoms with Gasteiger partial charge in [0.2, 0.25) is 0 Å². The van der Waals surface area contributed by atoms with Crippen LogP contribution in [0.2, 0.25) is 0 Å². The summed E-state index contributed by atoms with van der Waals surface area (Å²) in [5.41, 5.74) is -0.243. The number of carbonyl (C=O) groups excluding carboxylic acids is 1. The Bertz CT molecular complexity index is 642. The molecular formula is C15H10F4O. The average Bonchev–Trinajstić information content (AvgIpc) is 2.40. The van der Waals surface area contributed by atoms with E-state index in [-0.39, 0.29) is 11.1 Å². The van der Waals surface area contributed by atoms with Gasteiger partial charge in [-0.05, 0) is 30.7 Å². The summed E-state index contributed by atoms with van der Waals surface area (Å²) < 4.78 is 50.6. The number of halogens is 4. The van der Waals surface area contributed by atoms with Gasteiger partial charge in [0.1, 0.15) is 5.82 Å². The smallest absolute Gasteiger partial charge is 0.289 e. The minimum atomic E-state index is -4.45. The van der Waals surface area contributed by atoms with E-state index in [1.807, 2.05) is 0 Å². The Balaban J connectivity index is 2.31. The van der Waals surface area contributed by atoms with Gasteiger partial charge >= 0.3 is 6.18 Å². The first-order valence-electron chi connectivity index (χ1n) is 5.77. The minimum Gasteiger partial charge on any atom is -0.289 e. The average molecular weight is 282 g/mol. The van der Waals surface area contributed by atoms with Gasteiger partial charge in [0.15, 0.2) is 5.78 Å². The molecule has 0 heterocycles. The van der Waals surface area contributed by atoms with Crippen LogP contribution in [0.4, 0.5) is 17.6 Å². The van der Waals surface area contributed by atoms with E-state index >= 15 is 0 Å². The Labute approximate surface area is 112 Å². The SMILES string of the molecule is Cc1ccc(C(=O)c2ccc(C(F)(F)F)cc2)cc1F. The Morgan fingerprint density at radius 2 is 1.50 bits per heavy atom. The predicted molar refractivity (Wildman–Crippen MR) is 66.0 cm³/mol. The molecule has 1 nitrogen and oxygen atoms in total. The highest BCUT2D eigenvalue weighted by molar-refractivity contribution is 6.09. The molecule has 0 unspecified atom stereocenters. The maximum absolute atomic E-state index is 13.4. The lowest BCUT2D eigenvalue weighted by atomic mass is 10.0. The van der Waals surface area contributed by atoms with Crippen molar-refractivity contribution in [1.82, 2.24) is 0 Å². The quantitative estimate of drug-likeness (QED) is 0.590. The normalized spacial score (nSPS) is 11.4. The summed E-state index contributed by atoms with van der Waals surface area (Å²) >= 11 is 0. The number of ketones is 1. The Morgan fingerprint density at radius 1 is 0.950 bits per heavy atom. The standard InChI is InChI=1S/C15H10F4O/c1-9-2-3-11(8-13(9)16)14(20)10-4-6-12(7-5-10)15(17,18)19/h2-8H,1H3. The fourth-order valence-electron chi connectivity index (χ4n) is 1.71.